The number of fused-ring (bicyclic) bond motifs is 1. The number of rotatable bonds is 4. The van der Waals surface area contributed by atoms with Gasteiger partial charge in [-0.2, -0.15) is 0 Å². The topological polar surface area (TPSA) is 34.5 Å². The van der Waals surface area contributed by atoms with Crippen LogP contribution in [0, 0.1) is 11.6 Å². The molecule has 2 aromatic carbocycles. The molecule has 0 radical (unpaired) electrons. The summed E-state index contributed by atoms with van der Waals surface area (Å²) in [5.41, 5.74) is 1.82. The SMILES string of the molecule is CCOC(=O)c1c(N2CCCCC2)c2c(F)c(F)ccc2n1-c1ccccc1. The van der Waals surface area contributed by atoms with E-state index in [-0.39, 0.29) is 17.7 Å². The Balaban J connectivity index is 2.10. The molecule has 4 rings (SSSR count). The number of nitrogens with zero attached hydrogens (tertiary/aromatic N) is 2. The maximum Gasteiger partial charge on any atom is 0.357 e. The van der Waals surface area contributed by atoms with E-state index in [1.54, 1.807) is 11.5 Å². The number of hydrogen-bond donors (Lipinski definition) is 0. The lowest BCUT2D eigenvalue weighted by atomic mass is 10.1. The van der Waals surface area contributed by atoms with Gasteiger partial charge in [-0.3, -0.25) is 0 Å². The molecule has 3 aromatic rings. The van der Waals surface area contributed by atoms with Crippen LogP contribution in [0.3, 0.4) is 0 Å². The van der Waals surface area contributed by atoms with Gasteiger partial charge in [0.05, 0.1) is 23.2 Å². The van der Waals surface area contributed by atoms with Gasteiger partial charge in [0.15, 0.2) is 17.3 Å². The fourth-order valence-electron chi connectivity index (χ4n) is 3.95. The van der Waals surface area contributed by atoms with E-state index >= 15 is 4.39 Å². The third kappa shape index (κ3) is 3.03. The van der Waals surface area contributed by atoms with Gasteiger partial charge < -0.3 is 14.2 Å². The molecule has 0 amide bonds. The molecule has 1 aliphatic heterocycles. The molecule has 0 N–H and O–H groups in total. The van der Waals surface area contributed by atoms with Gasteiger partial charge >= 0.3 is 5.97 Å². The Morgan fingerprint density at radius 3 is 2.43 bits per heavy atom. The van der Waals surface area contributed by atoms with Crippen molar-refractivity contribution in [2.45, 2.75) is 26.2 Å². The number of benzene rings is 2. The predicted molar refractivity (Wildman–Crippen MR) is 105 cm³/mol. The average molecular weight is 384 g/mol. The van der Waals surface area contributed by atoms with Crippen molar-refractivity contribution in [1.29, 1.82) is 0 Å². The van der Waals surface area contributed by atoms with Crippen LogP contribution in [0.1, 0.15) is 36.7 Å². The molecule has 4 nitrogen and oxygen atoms in total. The van der Waals surface area contributed by atoms with Gasteiger partial charge in [0.2, 0.25) is 0 Å². The predicted octanol–water partition coefficient (Wildman–Crippen LogP) is 5.08. The molecule has 6 heteroatoms. The Hall–Kier alpha value is -2.89. The highest BCUT2D eigenvalue weighted by atomic mass is 19.2. The monoisotopic (exact) mass is 384 g/mol. The summed E-state index contributed by atoms with van der Waals surface area (Å²) in [6.45, 7) is 3.31. The Morgan fingerprint density at radius 2 is 1.75 bits per heavy atom. The molecule has 2 heterocycles. The average Bonchev–Trinajstić information content (AvgIpc) is 3.08. The quantitative estimate of drug-likeness (QED) is 0.589. The summed E-state index contributed by atoms with van der Waals surface area (Å²) in [6.07, 6.45) is 2.97. The molecule has 146 valence electrons. The Bertz CT molecular complexity index is 1010. The summed E-state index contributed by atoms with van der Waals surface area (Å²) in [7, 11) is 0. The first-order chi connectivity index (χ1) is 13.6. The van der Waals surface area contributed by atoms with Crippen molar-refractivity contribution in [3.8, 4) is 5.69 Å². The minimum atomic E-state index is -0.932. The summed E-state index contributed by atoms with van der Waals surface area (Å²) in [4.78, 5) is 15.0. The lowest BCUT2D eigenvalue weighted by Gasteiger charge is -2.29. The summed E-state index contributed by atoms with van der Waals surface area (Å²) in [6, 6.07) is 11.9. The van der Waals surface area contributed by atoms with Crippen LogP contribution in [-0.2, 0) is 4.74 Å². The minimum Gasteiger partial charge on any atom is -0.461 e. The normalized spacial score (nSPS) is 14.5. The molecular formula is C22H22F2N2O2. The van der Waals surface area contributed by atoms with Crippen LogP contribution in [0.2, 0.25) is 0 Å². The van der Waals surface area contributed by atoms with E-state index in [2.05, 4.69) is 0 Å². The highest BCUT2D eigenvalue weighted by Crippen LogP contribution is 2.40. The number of piperidine rings is 1. The van der Waals surface area contributed by atoms with Gasteiger partial charge in [0, 0.05) is 18.8 Å². The van der Waals surface area contributed by atoms with Crippen LogP contribution in [0.5, 0.6) is 0 Å². The molecule has 0 unspecified atom stereocenters. The first kappa shape index (κ1) is 18.5. The molecule has 1 fully saturated rings. The molecule has 1 aliphatic rings. The number of carbonyl (C=O) groups excluding carboxylic acids is 1. The lowest BCUT2D eigenvalue weighted by molar-refractivity contribution is 0.0518. The molecular weight excluding hydrogens is 362 g/mol. The second-order valence-electron chi connectivity index (χ2n) is 6.89. The Labute approximate surface area is 162 Å². The summed E-state index contributed by atoms with van der Waals surface area (Å²) < 4.78 is 36.2. The third-order valence-electron chi connectivity index (χ3n) is 5.15. The summed E-state index contributed by atoms with van der Waals surface area (Å²) >= 11 is 0. The molecule has 0 saturated carbocycles. The number of aromatic nitrogens is 1. The first-order valence-corrected chi connectivity index (χ1v) is 9.63. The zero-order valence-electron chi connectivity index (χ0n) is 15.8. The maximum absolute atomic E-state index is 15.0. The first-order valence-electron chi connectivity index (χ1n) is 9.63. The highest BCUT2D eigenvalue weighted by molar-refractivity contribution is 6.08. The Kier molecular flexibility index (Phi) is 5.03. The van der Waals surface area contributed by atoms with E-state index in [1.165, 1.54) is 6.07 Å². The number of anilines is 1. The number of halogens is 2. The largest absolute Gasteiger partial charge is 0.461 e. The van der Waals surface area contributed by atoms with Crippen molar-refractivity contribution in [3.63, 3.8) is 0 Å². The zero-order chi connectivity index (χ0) is 19.7. The molecule has 0 aliphatic carbocycles. The smallest absolute Gasteiger partial charge is 0.357 e. The molecule has 0 spiro atoms. The van der Waals surface area contributed by atoms with Crippen LogP contribution in [0.4, 0.5) is 14.5 Å². The number of hydrogen-bond acceptors (Lipinski definition) is 3. The van der Waals surface area contributed by atoms with E-state index in [4.69, 9.17) is 4.74 Å². The maximum atomic E-state index is 15.0. The van der Waals surface area contributed by atoms with Crippen molar-refractivity contribution in [3.05, 3.63) is 59.8 Å². The number of carbonyl (C=O) groups is 1. The number of para-hydroxylation sites is 1. The second kappa shape index (κ2) is 7.62. The van der Waals surface area contributed by atoms with Crippen LogP contribution in [-0.4, -0.2) is 30.2 Å². The standard InChI is InChI=1S/C22H22F2N2O2/c1-2-28-22(27)21-20(25-13-7-4-8-14-25)18-17(12-11-16(23)19(18)24)26(21)15-9-5-3-6-10-15/h3,5-6,9-12H,2,4,7-8,13-14H2,1H3. The van der Waals surface area contributed by atoms with E-state index < -0.39 is 17.6 Å². The van der Waals surface area contributed by atoms with Crippen LogP contribution in [0.15, 0.2) is 42.5 Å². The zero-order valence-corrected chi connectivity index (χ0v) is 15.8. The van der Waals surface area contributed by atoms with Crippen molar-refractivity contribution in [2.24, 2.45) is 0 Å². The number of esters is 1. The van der Waals surface area contributed by atoms with Crippen molar-refractivity contribution in [2.75, 3.05) is 24.6 Å². The van der Waals surface area contributed by atoms with Crippen molar-refractivity contribution < 1.29 is 18.3 Å². The molecule has 0 atom stereocenters. The van der Waals surface area contributed by atoms with Gasteiger partial charge in [0.25, 0.3) is 0 Å². The summed E-state index contributed by atoms with van der Waals surface area (Å²) in [5, 5.41) is 0.133. The minimum absolute atomic E-state index is 0.133. The van der Waals surface area contributed by atoms with Gasteiger partial charge in [-0.05, 0) is 50.5 Å². The molecule has 1 saturated heterocycles. The van der Waals surface area contributed by atoms with Crippen molar-refractivity contribution >= 4 is 22.6 Å². The summed E-state index contributed by atoms with van der Waals surface area (Å²) in [5.74, 6) is -2.40. The van der Waals surface area contributed by atoms with Crippen molar-refractivity contribution in [1.82, 2.24) is 4.57 Å². The molecule has 0 bridgehead atoms. The third-order valence-corrected chi connectivity index (χ3v) is 5.15. The highest BCUT2D eigenvalue weighted by Gasteiger charge is 2.31. The van der Waals surface area contributed by atoms with E-state index in [0.717, 1.165) is 25.3 Å². The number of ether oxygens (including phenoxy) is 1. The fraction of sp³-hybridized carbons (Fsp3) is 0.318. The van der Waals surface area contributed by atoms with Gasteiger partial charge in [-0.1, -0.05) is 18.2 Å². The van der Waals surface area contributed by atoms with Gasteiger partial charge in [0.1, 0.15) is 0 Å². The van der Waals surface area contributed by atoms with E-state index in [9.17, 15) is 9.18 Å². The van der Waals surface area contributed by atoms with Gasteiger partial charge in [-0.25, -0.2) is 13.6 Å². The van der Waals surface area contributed by atoms with Crippen LogP contribution >= 0.6 is 0 Å². The van der Waals surface area contributed by atoms with Crippen LogP contribution in [0.25, 0.3) is 16.6 Å². The van der Waals surface area contributed by atoms with Crippen LogP contribution < -0.4 is 4.90 Å². The van der Waals surface area contributed by atoms with Gasteiger partial charge in [-0.15, -0.1) is 0 Å². The lowest BCUT2D eigenvalue weighted by Crippen LogP contribution is -2.31. The van der Waals surface area contributed by atoms with E-state index in [0.29, 0.717) is 30.0 Å². The molecule has 28 heavy (non-hydrogen) atoms. The Morgan fingerprint density at radius 1 is 1.04 bits per heavy atom. The van der Waals surface area contributed by atoms with E-state index in [1.807, 2.05) is 35.2 Å². The second-order valence-corrected chi connectivity index (χ2v) is 6.89. The molecule has 1 aromatic heterocycles. The fourth-order valence-corrected chi connectivity index (χ4v) is 3.95.